The van der Waals surface area contributed by atoms with Gasteiger partial charge >= 0.3 is 0 Å². The topological polar surface area (TPSA) is 41.6 Å². The SMILES string of the molecule is CCCN(C(=O)CCC1CCCCO1)C1CCNC1. The van der Waals surface area contributed by atoms with Crippen LogP contribution in [0.4, 0.5) is 0 Å². The molecule has 0 aromatic rings. The molecule has 2 saturated heterocycles. The van der Waals surface area contributed by atoms with Crippen LogP contribution in [0.3, 0.4) is 0 Å². The van der Waals surface area contributed by atoms with Crippen LogP contribution in [0.1, 0.15) is 51.9 Å². The average Bonchev–Trinajstić information content (AvgIpc) is 2.97. The summed E-state index contributed by atoms with van der Waals surface area (Å²) in [6, 6.07) is 0.416. The van der Waals surface area contributed by atoms with Crippen molar-refractivity contribution < 1.29 is 9.53 Å². The fourth-order valence-corrected chi connectivity index (χ4v) is 3.12. The second kappa shape index (κ2) is 7.85. The summed E-state index contributed by atoms with van der Waals surface area (Å²) in [6.07, 6.45) is 7.59. The Bertz CT molecular complexity index is 271. The molecule has 4 heteroatoms. The van der Waals surface area contributed by atoms with Gasteiger partial charge in [0.2, 0.25) is 5.91 Å². The lowest BCUT2D eigenvalue weighted by Gasteiger charge is -2.29. The number of carbonyl (C=O) groups is 1. The molecule has 0 aromatic heterocycles. The molecule has 110 valence electrons. The molecular formula is C15H28N2O2. The summed E-state index contributed by atoms with van der Waals surface area (Å²) in [5.74, 6) is 0.324. The van der Waals surface area contributed by atoms with Gasteiger partial charge in [0.05, 0.1) is 6.10 Å². The lowest BCUT2D eigenvalue weighted by Crippen LogP contribution is -2.42. The zero-order valence-electron chi connectivity index (χ0n) is 12.2. The highest BCUT2D eigenvalue weighted by Crippen LogP contribution is 2.19. The predicted molar refractivity (Wildman–Crippen MR) is 76.1 cm³/mol. The van der Waals surface area contributed by atoms with Crippen molar-refractivity contribution in [3.63, 3.8) is 0 Å². The highest BCUT2D eigenvalue weighted by Gasteiger charge is 2.26. The molecule has 0 aliphatic carbocycles. The number of hydrogen-bond donors (Lipinski definition) is 1. The van der Waals surface area contributed by atoms with E-state index < -0.39 is 0 Å². The van der Waals surface area contributed by atoms with Gasteiger partial charge < -0.3 is 15.0 Å². The fourth-order valence-electron chi connectivity index (χ4n) is 3.12. The maximum atomic E-state index is 12.4. The van der Waals surface area contributed by atoms with Crippen LogP contribution in [0, 0.1) is 0 Å². The number of ether oxygens (including phenoxy) is 1. The third-order valence-corrected chi connectivity index (χ3v) is 4.21. The Kier molecular flexibility index (Phi) is 6.11. The second-order valence-electron chi connectivity index (χ2n) is 5.76. The highest BCUT2D eigenvalue weighted by atomic mass is 16.5. The molecule has 0 radical (unpaired) electrons. The predicted octanol–water partition coefficient (Wildman–Crippen LogP) is 1.94. The van der Waals surface area contributed by atoms with E-state index in [-0.39, 0.29) is 0 Å². The van der Waals surface area contributed by atoms with Crippen molar-refractivity contribution in [2.24, 2.45) is 0 Å². The van der Waals surface area contributed by atoms with E-state index in [2.05, 4.69) is 17.1 Å². The number of rotatable bonds is 6. The molecule has 2 fully saturated rings. The number of nitrogens with zero attached hydrogens (tertiary/aromatic N) is 1. The normalized spacial score (nSPS) is 27.4. The van der Waals surface area contributed by atoms with Crippen molar-refractivity contribution in [2.75, 3.05) is 26.2 Å². The van der Waals surface area contributed by atoms with Crippen molar-refractivity contribution in [3.05, 3.63) is 0 Å². The van der Waals surface area contributed by atoms with Gasteiger partial charge in [-0.15, -0.1) is 0 Å². The summed E-state index contributed by atoms with van der Waals surface area (Å²) in [5.41, 5.74) is 0. The third kappa shape index (κ3) is 4.46. The summed E-state index contributed by atoms with van der Waals surface area (Å²) in [6.45, 7) is 5.93. The lowest BCUT2D eigenvalue weighted by molar-refractivity contribution is -0.134. The van der Waals surface area contributed by atoms with Gasteiger partial charge in [0, 0.05) is 32.2 Å². The molecular weight excluding hydrogens is 240 g/mol. The van der Waals surface area contributed by atoms with Crippen molar-refractivity contribution in [1.29, 1.82) is 0 Å². The highest BCUT2D eigenvalue weighted by molar-refractivity contribution is 5.76. The average molecular weight is 268 g/mol. The van der Waals surface area contributed by atoms with Crippen LogP contribution in [0.5, 0.6) is 0 Å². The third-order valence-electron chi connectivity index (χ3n) is 4.21. The van der Waals surface area contributed by atoms with Crippen LogP contribution >= 0.6 is 0 Å². The van der Waals surface area contributed by atoms with Gasteiger partial charge in [0.1, 0.15) is 0 Å². The summed E-state index contributed by atoms with van der Waals surface area (Å²) >= 11 is 0. The largest absolute Gasteiger partial charge is 0.378 e. The molecule has 1 N–H and O–H groups in total. The van der Waals surface area contributed by atoms with Crippen molar-refractivity contribution in [1.82, 2.24) is 10.2 Å². The van der Waals surface area contributed by atoms with E-state index in [9.17, 15) is 4.79 Å². The van der Waals surface area contributed by atoms with E-state index in [0.717, 1.165) is 51.9 Å². The maximum Gasteiger partial charge on any atom is 0.222 e. The van der Waals surface area contributed by atoms with E-state index in [0.29, 0.717) is 24.5 Å². The molecule has 2 aliphatic heterocycles. The monoisotopic (exact) mass is 268 g/mol. The molecule has 1 amide bonds. The van der Waals surface area contributed by atoms with Crippen molar-refractivity contribution >= 4 is 5.91 Å². The Morgan fingerprint density at radius 3 is 2.89 bits per heavy atom. The van der Waals surface area contributed by atoms with Crippen molar-refractivity contribution in [2.45, 2.75) is 64.0 Å². The second-order valence-corrected chi connectivity index (χ2v) is 5.76. The first-order valence-corrected chi connectivity index (χ1v) is 7.93. The zero-order valence-corrected chi connectivity index (χ0v) is 12.2. The van der Waals surface area contributed by atoms with Gasteiger partial charge in [0.25, 0.3) is 0 Å². The smallest absolute Gasteiger partial charge is 0.222 e. The van der Waals surface area contributed by atoms with Gasteiger partial charge in [-0.2, -0.15) is 0 Å². The molecule has 2 atom stereocenters. The number of carbonyl (C=O) groups excluding carboxylic acids is 1. The number of amides is 1. The fraction of sp³-hybridized carbons (Fsp3) is 0.933. The van der Waals surface area contributed by atoms with Crippen LogP contribution in [-0.4, -0.2) is 49.2 Å². The minimum Gasteiger partial charge on any atom is -0.378 e. The molecule has 2 rings (SSSR count). The van der Waals surface area contributed by atoms with E-state index in [4.69, 9.17) is 4.74 Å². The van der Waals surface area contributed by atoms with E-state index in [1.165, 1.54) is 12.8 Å². The molecule has 2 heterocycles. The van der Waals surface area contributed by atoms with Crippen LogP contribution in [0.2, 0.25) is 0 Å². The molecule has 0 aromatic carbocycles. The van der Waals surface area contributed by atoms with Crippen LogP contribution in [0.15, 0.2) is 0 Å². The molecule has 2 aliphatic rings. The van der Waals surface area contributed by atoms with E-state index in [1.807, 2.05) is 0 Å². The quantitative estimate of drug-likeness (QED) is 0.800. The van der Waals surface area contributed by atoms with Gasteiger partial charge in [0.15, 0.2) is 0 Å². The Labute approximate surface area is 116 Å². The Morgan fingerprint density at radius 1 is 1.37 bits per heavy atom. The Hall–Kier alpha value is -0.610. The molecule has 0 bridgehead atoms. The first-order chi connectivity index (χ1) is 9.31. The van der Waals surface area contributed by atoms with Crippen LogP contribution < -0.4 is 5.32 Å². The molecule has 4 nitrogen and oxygen atoms in total. The molecule has 0 saturated carbocycles. The minimum atomic E-state index is 0.322. The standard InChI is InChI=1S/C15H28N2O2/c1-2-10-17(13-8-9-16-12-13)15(18)7-6-14-5-3-4-11-19-14/h13-14,16H,2-12H2,1H3. The zero-order chi connectivity index (χ0) is 13.5. The van der Waals surface area contributed by atoms with Gasteiger partial charge in [-0.1, -0.05) is 6.92 Å². The first-order valence-electron chi connectivity index (χ1n) is 7.93. The summed E-state index contributed by atoms with van der Waals surface area (Å²) < 4.78 is 5.71. The Morgan fingerprint density at radius 2 is 2.26 bits per heavy atom. The van der Waals surface area contributed by atoms with Gasteiger partial charge in [-0.05, 0) is 45.1 Å². The molecule has 2 unspecified atom stereocenters. The minimum absolute atomic E-state index is 0.322. The van der Waals surface area contributed by atoms with Gasteiger partial charge in [-0.3, -0.25) is 4.79 Å². The first kappa shape index (κ1) is 14.8. The van der Waals surface area contributed by atoms with Crippen LogP contribution in [-0.2, 0) is 9.53 Å². The maximum absolute atomic E-state index is 12.4. The summed E-state index contributed by atoms with van der Waals surface area (Å²) in [7, 11) is 0. The molecule has 19 heavy (non-hydrogen) atoms. The van der Waals surface area contributed by atoms with E-state index in [1.54, 1.807) is 0 Å². The van der Waals surface area contributed by atoms with Gasteiger partial charge in [-0.25, -0.2) is 0 Å². The van der Waals surface area contributed by atoms with Crippen molar-refractivity contribution in [3.8, 4) is 0 Å². The number of hydrogen-bond acceptors (Lipinski definition) is 3. The van der Waals surface area contributed by atoms with Crippen LogP contribution in [0.25, 0.3) is 0 Å². The van der Waals surface area contributed by atoms with E-state index >= 15 is 0 Å². The summed E-state index contributed by atoms with van der Waals surface area (Å²) in [4.78, 5) is 14.5. The lowest BCUT2D eigenvalue weighted by atomic mass is 10.0. The number of nitrogens with one attached hydrogen (secondary N) is 1. The Balaban J connectivity index is 1.77. The summed E-state index contributed by atoms with van der Waals surface area (Å²) in [5, 5.41) is 3.35. The molecule has 0 spiro atoms.